The highest BCUT2D eigenvalue weighted by molar-refractivity contribution is 5.76. The smallest absolute Gasteiger partial charge is 0.222 e. The third-order valence-corrected chi connectivity index (χ3v) is 4.28. The highest BCUT2D eigenvalue weighted by Gasteiger charge is 2.36. The third-order valence-electron chi connectivity index (χ3n) is 4.28. The minimum absolute atomic E-state index is 0.114. The molecule has 2 aromatic rings. The molecule has 1 aromatic carbocycles. The molecule has 0 saturated carbocycles. The fourth-order valence-corrected chi connectivity index (χ4v) is 2.86. The van der Waals surface area contributed by atoms with E-state index in [1.165, 1.54) is 0 Å². The minimum atomic E-state index is -0.859. The van der Waals surface area contributed by atoms with Crippen molar-refractivity contribution in [2.45, 2.75) is 31.3 Å². The van der Waals surface area contributed by atoms with Gasteiger partial charge in [-0.2, -0.15) is 0 Å². The van der Waals surface area contributed by atoms with E-state index in [2.05, 4.69) is 10.3 Å². The van der Waals surface area contributed by atoms with Crippen LogP contribution in [0, 0.1) is 0 Å². The maximum atomic E-state index is 11.9. The van der Waals surface area contributed by atoms with Gasteiger partial charge in [-0.3, -0.25) is 4.79 Å². The number of rotatable bonds is 8. The van der Waals surface area contributed by atoms with Crippen molar-refractivity contribution < 1.29 is 24.5 Å². The van der Waals surface area contributed by atoms with E-state index in [0.29, 0.717) is 13.1 Å². The zero-order valence-corrected chi connectivity index (χ0v) is 13.9. The number of nitrogens with one attached hydrogen (secondary N) is 1. The summed E-state index contributed by atoms with van der Waals surface area (Å²) in [6.45, 7) is 1.32. The van der Waals surface area contributed by atoms with Crippen LogP contribution >= 0.6 is 0 Å². The summed E-state index contributed by atoms with van der Waals surface area (Å²) in [5.41, 5.74) is 1.97. The van der Waals surface area contributed by atoms with Crippen molar-refractivity contribution in [3.63, 3.8) is 0 Å². The fourth-order valence-electron chi connectivity index (χ4n) is 2.86. The van der Waals surface area contributed by atoms with Gasteiger partial charge in [0.15, 0.2) is 0 Å². The van der Waals surface area contributed by atoms with Gasteiger partial charge >= 0.3 is 0 Å². The maximum Gasteiger partial charge on any atom is 0.222 e. The summed E-state index contributed by atoms with van der Waals surface area (Å²) >= 11 is 0. The molecular weight excluding hydrogens is 326 g/mol. The molecule has 1 amide bonds. The first-order chi connectivity index (χ1) is 12.2. The third kappa shape index (κ3) is 4.35. The van der Waals surface area contributed by atoms with Crippen molar-refractivity contribution in [1.82, 2.24) is 14.9 Å². The predicted octanol–water partition coefficient (Wildman–Crippen LogP) is -0.320. The second kappa shape index (κ2) is 8.39. The summed E-state index contributed by atoms with van der Waals surface area (Å²) in [4.78, 5) is 16.2. The molecule has 1 saturated heterocycles. The zero-order chi connectivity index (χ0) is 17.6. The number of hydrogen-bond acceptors (Lipinski definition) is 6. The molecule has 1 fully saturated rings. The van der Waals surface area contributed by atoms with Crippen LogP contribution in [0.2, 0.25) is 0 Å². The molecule has 8 heteroatoms. The molecular formula is C17H23N3O5. The number of carbonyl (C=O) groups excluding carboxylic acids is 1. The highest BCUT2D eigenvalue weighted by Crippen LogP contribution is 2.17. The lowest BCUT2D eigenvalue weighted by atomic mass is 10.1. The van der Waals surface area contributed by atoms with Gasteiger partial charge in [-0.1, -0.05) is 12.1 Å². The second-order valence-corrected chi connectivity index (χ2v) is 5.98. The number of para-hydroxylation sites is 2. The zero-order valence-electron chi connectivity index (χ0n) is 13.9. The average molecular weight is 349 g/mol. The second-order valence-electron chi connectivity index (χ2n) is 5.98. The van der Waals surface area contributed by atoms with E-state index in [4.69, 9.17) is 14.6 Å². The van der Waals surface area contributed by atoms with E-state index in [0.717, 1.165) is 11.0 Å². The maximum absolute atomic E-state index is 11.9. The Morgan fingerprint density at radius 2 is 2.28 bits per heavy atom. The SMILES string of the molecule is O=C(CCO[C@@H]1CO[C@H](CO)C1O)NCCn1cnc2ccccc21. The van der Waals surface area contributed by atoms with Gasteiger partial charge in [0, 0.05) is 19.5 Å². The first-order valence-corrected chi connectivity index (χ1v) is 8.37. The quantitative estimate of drug-likeness (QED) is 0.603. The number of imidazole rings is 1. The van der Waals surface area contributed by atoms with Crippen LogP contribution in [-0.4, -0.2) is 70.3 Å². The van der Waals surface area contributed by atoms with Crippen LogP contribution in [0.25, 0.3) is 11.0 Å². The molecule has 2 heterocycles. The lowest BCUT2D eigenvalue weighted by Gasteiger charge is -2.16. The van der Waals surface area contributed by atoms with Gasteiger partial charge in [0.1, 0.15) is 18.3 Å². The first-order valence-electron chi connectivity index (χ1n) is 8.37. The number of aromatic nitrogens is 2. The predicted molar refractivity (Wildman–Crippen MR) is 89.9 cm³/mol. The summed E-state index contributed by atoms with van der Waals surface area (Å²) in [7, 11) is 0. The Hall–Kier alpha value is -2.00. The monoisotopic (exact) mass is 349 g/mol. The standard InChI is InChI=1S/C17H23N3O5/c21-9-14-17(23)15(10-25-14)24-8-5-16(22)18-6-7-20-11-19-12-3-1-2-4-13(12)20/h1-4,11,14-15,17,21,23H,5-10H2,(H,18,22)/t14-,15-,17?/m1/s1. The summed E-state index contributed by atoms with van der Waals surface area (Å²) < 4.78 is 12.7. The largest absolute Gasteiger partial charge is 0.394 e. The van der Waals surface area contributed by atoms with E-state index in [1.807, 2.05) is 28.8 Å². The van der Waals surface area contributed by atoms with Crippen LogP contribution in [0.5, 0.6) is 0 Å². The Kier molecular flexibility index (Phi) is 5.98. The van der Waals surface area contributed by atoms with E-state index in [-0.39, 0.29) is 32.1 Å². The molecule has 1 aliphatic heterocycles. The van der Waals surface area contributed by atoms with Gasteiger partial charge in [0.2, 0.25) is 5.91 Å². The van der Waals surface area contributed by atoms with Crippen LogP contribution in [0.3, 0.4) is 0 Å². The molecule has 25 heavy (non-hydrogen) atoms. The number of carbonyl (C=O) groups is 1. The number of ether oxygens (including phenoxy) is 2. The van der Waals surface area contributed by atoms with E-state index >= 15 is 0 Å². The van der Waals surface area contributed by atoms with Crippen molar-refractivity contribution >= 4 is 16.9 Å². The van der Waals surface area contributed by atoms with Crippen molar-refractivity contribution in [3.8, 4) is 0 Å². The van der Waals surface area contributed by atoms with Crippen LogP contribution in [0.1, 0.15) is 6.42 Å². The molecule has 0 bridgehead atoms. The first kappa shape index (κ1) is 17.8. The van der Waals surface area contributed by atoms with Crippen molar-refractivity contribution in [1.29, 1.82) is 0 Å². The van der Waals surface area contributed by atoms with Gasteiger partial charge in [-0.25, -0.2) is 4.98 Å². The number of amides is 1. The number of benzene rings is 1. The average Bonchev–Trinajstić information content (AvgIpc) is 3.19. The van der Waals surface area contributed by atoms with E-state index in [1.54, 1.807) is 6.33 Å². The molecule has 0 aliphatic carbocycles. The Labute approximate surface area is 145 Å². The Morgan fingerprint density at radius 3 is 3.08 bits per heavy atom. The van der Waals surface area contributed by atoms with Crippen LogP contribution < -0.4 is 5.32 Å². The molecule has 1 unspecified atom stereocenters. The van der Waals surface area contributed by atoms with Crippen molar-refractivity contribution in [2.75, 3.05) is 26.4 Å². The summed E-state index contributed by atoms with van der Waals surface area (Å²) in [6, 6.07) is 7.84. The molecule has 3 N–H and O–H groups in total. The molecule has 0 spiro atoms. The van der Waals surface area contributed by atoms with Gasteiger partial charge in [0.05, 0.1) is 37.2 Å². The number of hydrogen-bond donors (Lipinski definition) is 3. The summed E-state index contributed by atoms with van der Waals surface area (Å²) in [5.74, 6) is -0.114. The number of nitrogens with zero attached hydrogens (tertiary/aromatic N) is 2. The van der Waals surface area contributed by atoms with Crippen molar-refractivity contribution in [2.24, 2.45) is 0 Å². The minimum Gasteiger partial charge on any atom is -0.394 e. The van der Waals surface area contributed by atoms with Crippen molar-refractivity contribution in [3.05, 3.63) is 30.6 Å². The molecule has 3 atom stereocenters. The topological polar surface area (TPSA) is 106 Å². The normalized spacial score (nSPS) is 23.2. The molecule has 1 aromatic heterocycles. The lowest BCUT2D eigenvalue weighted by molar-refractivity contribution is -0.123. The summed E-state index contributed by atoms with van der Waals surface area (Å²) in [5, 5.41) is 21.7. The van der Waals surface area contributed by atoms with Gasteiger partial charge in [-0.15, -0.1) is 0 Å². The fraction of sp³-hybridized carbons (Fsp3) is 0.529. The van der Waals surface area contributed by atoms with Crippen LogP contribution in [0.15, 0.2) is 30.6 Å². The lowest BCUT2D eigenvalue weighted by Crippen LogP contribution is -2.35. The number of fused-ring (bicyclic) bond motifs is 1. The van der Waals surface area contributed by atoms with E-state index < -0.39 is 18.3 Å². The van der Waals surface area contributed by atoms with Crippen LogP contribution in [0.4, 0.5) is 0 Å². The molecule has 8 nitrogen and oxygen atoms in total. The van der Waals surface area contributed by atoms with Crippen LogP contribution in [-0.2, 0) is 20.8 Å². The molecule has 1 aliphatic rings. The van der Waals surface area contributed by atoms with E-state index in [9.17, 15) is 9.90 Å². The Bertz CT molecular complexity index is 704. The number of aliphatic hydroxyl groups excluding tert-OH is 2. The number of aliphatic hydroxyl groups is 2. The Morgan fingerprint density at radius 1 is 1.44 bits per heavy atom. The molecule has 136 valence electrons. The summed E-state index contributed by atoms with van der Waals surface area (Å²) in [6.07, 6.45) is 0.00474. The van der Waals surface area contributed by atoms with Gasteiger partial charge in [-0.05, 0) is 12.1 Å². The van der Waals surface area contributed by atoms with Gasteiger partial charge in [0.25, 0.3) is 0 Å². The molecule has 0 radical (unpaired) electrons. The molecule has 3 rings (SSSR count). The Balaban J connectivity index is 1.35. The highest BCUT2D eigenvalue weighted by atomic mass is 16.6. The van der Waals surface area contributed by atoms with Gasteiger partial charge < -0.3 is 29.6 Å².